The number of halogens is 1. The van der Waals surface area contributed by atoms with Gasteiger partial charge in [0.2, 0.25) is 0 Å². The molecule has 0 saturated carbocycles. The number of benzene rings is 2. The zero-order chi connectivity index (χ0) is 25.9. The van der Waals surface area contributed by atoms with Gasteiger partial charge in [-0.1, -0.05) is 30.3 Å². The van der Waals surface area contributed by atoms with E-state index in [0.29, 0.717) is 29.7 Å². The molecule has 1 fully saturated rings. The lowest BCUT2D eigenvalue weighted by Crippen LogP contribution is -2.51. The number of aryl methyl sites for hydroxylation is 1. The molecule has 1 saturated heterocycles. The first-order valence-electron chi connectivity index (χ1n) is 11.6. The van der Waals surface area contributed by atoms with Crippen molar-refractivity contribution in [3.05, 3.63) is 65.0 Å². The van der Waals surface area contributed by atoms with Crippen LogP contribution >= 0.6 is 0 Å². The summed E-state index contributed by atoms with van der Waals surface area (Å²) in [6, 6.07) is 11.5. The van der Waals surface area contributed by atoms with Crippen LogP contribution in [0.2, 0.25) is 0 Å². The Bertz CT molecular complexity index is 1420. The third-order valence-electron chi connectivity index (χ3n) is 6.55. The lowest BCUT2D eigenvalue weighted by molar-refractivity contribution is -0.201. The monoisotopic (exact) mass is 517 g/mol. The molecule has 11 heteroatoms. The second-order valence-corrected chi connectivity index (χ2v) is 11.5. The number of nitrogens with zero attached hydrogens (tertiary/aromatic N) is 2. The van der Waals surface area contributed by atoms with Gasteiger partial charge in [-0.15, -0.1) is 0 Å². The Kier molecular flexibility index (Phi) is 7.53. The van der Waals surface area contributed by atoms with E-state index >= 15 is 0 Å². The molecule has 192 valence electrons. The van der Waals surface area contributed by atoms with Crippen LogP contribution in [0.15, 0.2) is 53.6 Å². The quantitative estimate of drug-likeness (QED) is 0.457. The number of fused-ring (bicyclic) bond motifs is 1. The van der Waals surface area contributed by atoms with Crippen LogP contribution in [0.25, 0.3) is 22.0 Å². The molecule has 0 radical (unpaired) electrons. The predicted octanol–water partition coefficient (Wildman–Crippen LogP) is 2.97. The summed E-state index contributed by atoms with van der Waals surface area (Å²) in [5, 5.41) is 0.0537. The first-order valence-corrected chi connectivity index (χ1v) is 13.5. The normalized spacial score (nSPS) is 18.0. The maximum Gasteiger partial charge on any atom is 0.264 e. The minimum absolute atomic E-state index is 0.0537. The van der Waals surface area contributed by atoms with Gasteiger partial charge >= 0.3 is 0 Å². The standard InChI is InChI=1S/C25H28FN3O6S/c1-25(36(2,32)33,24(31)28-35-22-10-6-7-13-34-22)11-12-29-16-27-21-15-18(17-8-4-3-5-9-17)20(26)14-19(21)23(29)30/h3-5,8-9,14-16,22H,6-7,10-13H2,1-2H3,(H,28,31)/t22?,25-/m1/s1. The number of aromatic nitrogens is 2. The molecule has 2 heterocycles. The van der Waals surface area contributed by atoms with Crippen LogP contribution in [0.3, 0.4) is 0 Å². The smallest absolute Gasteiger partial charge is 0.264 e. The van der Waals surface area contributed by atoms with E-state index in [9.17, 15) is 22.4 Å². The van der Waals surface area contributed by atoms with Crippen LogP contribution in [-0.4, -0.2) is 47.8 Å². The number of ether oxygens (including phenoxy) is 1. The van der Waals surface area contributed by atoms with Gasteiger partial charge in [-0.3, -0.25) is 14.2 Å². The maximum atomic E-state index is 14.9. The van der Waals surface area contributed by atoms with Crippen LogP contribution in [0.5, 0.6) is 0 Å². The van der Waals surface area contributed by atoms with E-state index in [0.717, 1.165) is 25.2 Å². The molecule has 3 aromatic rings. The molecule has 1 amide bonds. The van der Waals surface area contributed by atoms with Crippen molar-refractivity contribution in [3.63, 3.8) is 0 Å². The van der Waals surface area contributed by atoms with E-state index in [1.807, 2.05) is 6.07 Å². The summed E-state index contributed by atoms with van der Waals surface area (Å²) in [5.41, 5.74) is 2.95. The average Bonchev–Trinajstić information content (AvgIpc) is 2.87. The minimum atomic E-state index is -3.91. The van der Waals surface area contributed by atoms with Gasteiger partial charge in [-0.2, -0.15) is 0 Å². The predicted molar refractivity (Wildman–Crippen MR) is 132 cm³/mol. The van der Waals surface area contributed by atoms with E-state index in [4.69, 9.17) is 9.57 Å². The molecular formula is C25H28FN3O6S. The Labute approximate surface area is 208 Å². The molecule has 0 aliphatic carbocycles. The zero-order valence-electron chi connectivity index (χ0n) is 20.1. The Hall–Kier alpha value is -3.15. The van der Waals surface area contributed by atoms with Gasteiger partial charge in [-0.25, -0.2) is 28.1 Å². The summed E-state index contributed by atoms with van der Waals surface area (Å²) in [4.78, 5) is 35.5. The van der Waals surface area contributed by atoms with Crippen molar-refractivity contribution in [2.45, 2.75) is 50.2 Å². The molecular weight excluding hydrogens is 489 g/mol. The molecule has 0 bridgehead atoms. The molecule has 0 spiro atoms. The van der Waals surface area contributed by atoms with Crippen molar-refractivity contribution in [2.75, 3.05) is 12.9 Å². The number of sulfone groups is 1. The van der Waals surface area contributed by atoms with E-state index < -0.39 is 38.2 Å². The van der Waals surface area contributed by atoms with Crippen molar-refractivity contribution in [2.24, 2.45) is 0 Å². The zero-order valence-corrected chi connectivity index (χ0v) is 20.9. The maximum absolute atomic E-state index is 14.9. The summed E-state index contributed by atoms with van der Waals surface area (Å²) < 4.78 is 44.7. The highest BCUT2D eigenvalue weighted by atomic mass is 32.2. The number of hydrogen-bond acceptors (Lipinski definition) is 7. The average molecular weight is 518 g/mol. The van der Waals surface area contributed by atoms with E-state index in [-0.39, 0.29) is 18.4 Å². The van der Waals surface area contributed by atoms with Crippen LogP contribution in [0.4, 0.5) is 4.39 Å². The summed E-state index contributed by atoms with van der Waals surface area (Å²) >= 11 is 0. The first kappa shape index (κ1) is 25.9. The Morgan fingerprint density at radius 1 is 1.28 bits per heavy atom. The van der Waals surface area contributed by atoms with Gasteiger partial charge in [0.05, 0.1) is 17.2 Å². The highest BCUT2D eigenvalue weighted by Gasteiger charge is 2.44. The topological polar surface area (TPSA) is 117 Å². The molecule has 2 atom stereocenters. The number of nitrogens with one attached hydrogen (secondary N) is 1. The molecule has 9 nitrogen and oxygen atoms in total. The summed E-state index contributed by atoms with van der Waals surface area (Å²) in [7, 11) is -3.91. The van der Waals surface area contributed by atoms with Crippen LogP contribution in [-0.2, 0) is 30.8 Å². The van der Waals surface area contributed by atoms with E-state index in [1.165, 1.54) is 23.9 Å². The summed E-state index contributed by atoms with van der Waals surface area (Å²) in [5.74, 6) is -1.44. The fourth-order valence-corrected chi connectivity index (χ4v) is 4.85. The SMILES string of the molecule is C[C@@](CCn1cnc2cc(-c3ccccc3)c(F)cc2c1=O)(C(=O)NOC1CCCCO1)S(C)(=O)=O. The highest BCUT2D eigenvalue weighted by molar-refractivity contribution is 7.92. The van der Waals surface area contributed by atoms with Gasteiger partial charge in [0.25, 0.3) is 11.5 Å². The number of amides is 1. The molecule has 1 aliphatic heterocycles. The lowest BCUT2D eigenvalue weighted by atomic mass is 10.0. The minimum Gasteiger partial charge on any atom is -0.350 e. The number of hydrogen-bond donors (Lipinski definition) is 1. The molecule has 1 N–H and O–H groups in total. The summed E-state index contributed by atoms with van der Waals surface area (Å²) in [6.07, 6.45) is 3.68. The number of hydroxylamine groups is 1. The third kappa shape index (κ3) is 5.32. The van der Waals surface area contributed by atoms with Crippen molar-refractivity contribution in [1.29, 1.82) is 0 Å². The van der Waals surface area contributed by atoms with Gasteiger partial charge in [0.1, 0.15) is 5.82 Å². The third-order valence-corrected chi connectivity index (χ3v) is 8.57. The fraction of sp³-hybridized carbons (Fsp3) is 0.400. The fourth-order valence-electron chi connectivity index (χ4n) is 4.01. The van der Waals surface area contributed by atoms with E-state index in [2.05, 4.69) is 10.5 Å². The summed E-state index contributed by atoms with van der Waals surface area (Å²) in [6.45, 7) is 1.63. The Morgan fingerprint density at radius 2 is 2.03 bits per heavy atom. The van der Waals surface area contributed by atoms with Gasteiger partial charge in [-0.05, 0) is 43.9 Å². The Morgan fingerprint density at radius 3 is 2.69 bits per heavy atom. The van der Waals surface area contributed by atoms with Crippen molar-refractivity contribution in [3.8, 4) is 11.1 Å². The second kappa shape index (κ2) is 10.5. The number of carbonyl (C=O) groups is 1. The van der Waals surface area contributed by atoms with Crippen LogP contribution in [0.1, 0.15) is 32.6 Å². The van der Waals surface area contributed by atoms with Gasteiger partial charge in [0.15, 0.2) is 20.9 Å². The second-order valence-electron chi connectivity index (χ2n) is 9.06. The number of rotatable bonds is 8. The molecule has 36 heavy (non-hydrogen) atoms. The van der Waals surface area contributed by atoms with Crippen molar-refractivity contribution < 1.29 is 27.2 Å². The molecule has 1 unspecified atom stereocenters. The number of carbonyl (C=O) groups excluding carboxylic acids is 1. The molecule has 1 aromatic heterocycles. The van der Waals surface area contributed by atoms with E-state index in [1.54, 1.807) is 24.3 Å². The van der Waals surface area contributed by atoms with Gasteiger partial charge in [0, 0.05) is 31.4 Å². The van der Waals surface area contributed by atoms with Crippen molar-refractivity contribution in [1.82, 2.24) is 15.0 Å². The largest absolute Gasteiger partial charge is 0.350 e. The van der Waals surface area contributed by atoms with Crippen LogP contribution in [0, 0.1) is 5.82 Å². The van der Waals surface area contributed by atoms with Gasteiger partial charge < -0.3 is 4.74 Å². The molecule has 4 rings (SSSR count). The highest BCUT2D eigenvalue weighted by Crippen LogP contribution is 2.26. The van der Waals surface area contributed by atoms with Crippen molar-refractivity contribution >= 4 is 26.6 Å². The Balaban J connectivity index is 1.56. The first-order chi connectivity index (χ1) is 17.1. The molecule has 2 aromatic carbocycles. The lowest BCUT2D eigenvalue weighted by Gasteiger charge is -2.28. The molecule has 1 aliphatic rings. The van der Waals surface area contributed by atoms with Crippen LogP contribution < -0.4 is 11.0 Å².